The Morgan fingerprint density at radius 2 is 2.05 bits per heavy atom. The Morgan fingerprint density at radius 3 is 2.74 bits per heavy atom. The molecule has 1 heterocycles. The molecule has 1 aliphatic heterocycles. The predicted octanol–water partition coefficient (Wildman–Crippen LogP) is 3.55. The number of rotatable bonds is 2. The number of hydrogen-bond donors (Lipinski definition) is 0. The highest BCUT2D eigenvalue weighted by Crippen LogP contribution is 2.39. The van der Waals surface area contributed by atoms with Crippen molar-refractivity contribution in [2.75, 3.05) is 0 Å². The summed E-state index contributed by atoms with van der Waals surface area (Å²) in [6.07, 6.45) is -2.37. The lowest BCUT2D eigenvalue weighted by Gasteiger charge is -2.25. The van der Waals surface area contributed by atoms with E-state index < -0.39 is 12.5 Å². The maximum absolute atomic E-state index is 8.99. The lowest BCUT2D eigenvalue weighted by Crippen LogP contribution is -2.36. The Balaban J connectivity index is 2.21. The molecule has 0 aromatic heterocycles. The van der Waals surface area contributed by atoms with Crippen LogP contribution in [0.1, 0.15) is 55.4 Å². The van der Waals surface area contributed by atoms with E-state index in [9.17, 15) is 0 Å². The van der Waals surface area contributed by atoms with Gasteiger partial charge in [0, 0.05) is 14.7 Å². The van der Waals surface area contributed by atoms with E-state index in [2.05, 4.69) is 32.3 Å². The van der Waals surface area contributed by atoms with Gasteiger partial charge in [-0.15, -0.1) is 0 Å². The largest absolute Gasteiger partial charge is 0.432 e. The fourth-order valence-corrected chi connectivity index (χ4v) is 3.03. The first-order chi connectivity index (χ1) is 10.2. The number of hydrogen-bond acceptors (Lipinski definition) is 1. The fraction of sp³-hybridized carbons (Fsp3) is 0.588. The van der Waals surface area contributed by atoms with E-state index in [-0.39, 0.29) is 24.4 Å². The molecule has 0 saturated carbocycles. The molecule has 3 rings (SSSR count). The zero-order valence-corrected chi connectivity index (χ0v) is 12.1. The van der Waals surface area contributed by atoms with Gasteiger partial charge in [0.1, 0.15) is 0 Å². The van der Waals surface area contributed by atoms with Crippen molar-refractivity contribution < 1.29 is 13.4 Å². The summed E-state index contributed by atoms with van der Waals surface area (Å²) < 4.78 is 34.1. The van der Waals surface area contributed by atoms with Gasteiger partial charge in [-0.2, -0.15) is 4.58 Å². The number of fused-ring (bicyclic) bond motifs is 3. The van der Waals surface area contributed by atoms with Crippen molar-refractivity contribution in [3.63, 3.8) is 0 Å². The molecule has 0 saturated heterocycles. The molecule has 0 bridgehead atoms. The quantitative estimate of drug-likeness (QED) is 0.742. The maximum Gasteiger partial charge on any atom is 0.340 e. The van der Waals surface area contributed by atoms with Crippen LogP contribution in [0.3, 0.4) is 0 Å². The SMILES string of the molecule is [2H]C1([2H])C[C@H]2[N+](C(C)C)=C(C(C)C)O[C@@]2([2H])c2ccccc21. The molecule has 0 radical (unpaired) electrons. The van der Waals surface area contributed by atoms with Gasteiger partial charge in [-0.05, 0) is 39.6 Å². The third-order valence-electron chi connectivity index (χ3n) is 3.84. The van der Waals surface area contributed by atoms with E-state index in [1.807, 2.05) is 18.2 Å². The molecular weight excluding hydrogens is 234 g/mol. The van der Waals surface area contributed by atoms with Crippen molar-refractivity contribution in [3.8, 4) is 0 Å². The number of benzene rings is 1. The topological polar surface area (TPSA) is 12.2 Å². The summed E-state index contributed by atoms with van der Waals surface area (Å²) in [5.41, 5.74) is 1.26. The van der Waals surface area contributed by atoms with Crippen LogP contribution in [-0.2, 0) is 11.1 Å². The van der Waals surface area contributed by atoms with E-state index >= 15 is 0 Å². The molecule has 2 atom stereocenters. The Morgan fingerprint density at radius 1 is 1.32 bits per heavy atom. The van der Waals surface area contributed by atoms with Crippen LogP contribution in [-0.4, -0.2) is 22.6 Å². The summed E-state index contributed by atoms with van der Waals surface area (Å²) in [4.78, 5) is 0. The molecule has 0 unspecified atom stereocenters. The van der Waals surface area contributed by atoms with E-state index in [1.54, 1.807) is 6.07 Å². The smallest absolute Gasteiger partial charge is 0.340 e. The minimum Gasteiger partial charge on any atom is -0.432 e. The van der Waals surface area contributed by atoms with E-state index in [0.29, 0.717) is 11.1 Å². The van der Waals surface area contributed by atoms with Crippen molar-refractivity contribution in [1.29, 1.82) is 0 Å². The van der Waals surface area contributed by atoms with Crippen molar-refractivity contribution in [1.82, 2.24) is 0 Å². The molecule has 102 valence electrons. The molecule has 0 fully saturated rings. The molecular formula is C17H24NO+. The molecule has 0 N–H and O–H groups in total. The Kier molecular flexibility index (Phi) is 2.35. The van der Waals surface area contributed by atoms with Gasteiger partial charge in [0.05, 0.1) is 7.29 Å². The van der Waals surface area contributed by atoms with Gasteiger partial charge in [0.25, 0.3) is 0 Å². The third-order valence-corrected chi connectivity index (χ3v) is 3.84. The Labute approximate surface area is 120 Å². The van der Waals surface area contributed by atoms with Gasteiger partial charge < -0.3 is 4.74 Å². The van der Waals surface area contributed by atoms with Crippen molar-refractivity contribution in [3.05, 3.63) is 35.4 Å². The number of aryl methyl sites for hydroxylation is 1. The molecule has 1 aromatic carbocycles. The second-order valence-electron chi connectivity index (χ2n) is 5.90. The highest BCUT2D eigenvalue weighted by molar-refractivity contribution is 5.74. The molecule has 0 amide bonds. The molecule has 1 aliphatic carbocycles. The van der Waals surface area contributed by atoms with Crippen molar-refractivity contribution >= 4 is 5.90 Å². The molecule has 19 heavy (non-hydrogen) atoms. The van der Waals surface area contributed by atoms with Crippen molar-refractivity contribution in [2.45, 2.75) is 58.7 Å². The maximum atomic E-state index is 8.99. The van der Waals surface area contributed by atoms with Crippen LogP contribution in [0.5, 0.6) is 0 Å². The Bertz CT molecular complexity index is 639. The van der Waals surface area contributed by atoms with E-state index in [0.717, 1.165) is 5.90 Å². The van der Waals surface area contributed by atoms with Crippen LogP contribution in [0.15, 0.2) is 24.3 Å². The number of ether oxygens (including phenoxy) is 1. The summed E-state index contributed by atoms with van der Waals surface area (Å²) in [7, 11) is 0. The first kappa shape index (κ1) is 9.57. The highest BCUT2D eigenvalue weighted by atomic mass is 16.5. The van der Waals surface area contributed by atoms with Crippen LogP contribution >= 0.6 is 0 Å². The van der Waals surface area contributed by atoms with Crippen LogP contribution in [0, 0.1) is 5.92 Å². The van der Waals surface area contributed by atoms with Gasteiger partial charge in [0.2, 0.25) is 0 Å². The Hall–Kier alpha value is -1.31. The minimum absolute atomic E-state index is 0.174. The molecule has 2 nitrogen and oxygen atoms in total. The van der Waals surface area contributed by atoms with Crippen LogP contribution in [0.2, 0.25) is 0 Å². The van der Waals surface area contributed by atoms with Gasteiger partial charge in [-0.1, -0.05) is 24.3 Å². The second-order valence-corrected chi connectivity index (χ2v) is 5.90. The molecule has 2 aliphatic rings. The standard InChI is InChI=1S/C17H24NO/c1-11(2)17-18(12(3)4)15-10-9-13-7-5-6-8-14(13)16(15)19-17/h5-8,11-12,15-16H,9-10H2,1-4H3/q+1/t15-,16+/m1/s1/i9D2,16D. The average Bonchev–Trinajstić information content (AvgIpc) is 2.73. The third kappa shape index (κ3) is 1.98. The lowest BCUT2D eigenvalue weighted by atomic mass is 9.85. The molecule has 0 spiro atoms. The summed E-state index contributed by atoms with van der Waals surface area (Å²) in [5.74, 6) is 0.982. The predicted molar refractivity (Wildman–Crippen MR) is 77.6 cm³/mol. The lowest BCUT2D eigenvalue weighted by molar-refractivity contribution is -0.592. The summed E-state index contributed by atoms with van der Waals surface area (Å²) in [5, 5.41) is 0. The summed E-state index contributed by atoms with van der Waals surface area (Å²) in [6.45, 7) is 8.28. The van der Waals surface area contributed by atoms with Gasteiger partial charge in [-0.25, -0.2) is 0 Å². The van der Waals surface area contributed by atoms with Gasteiger partial charge in [-0.3, -0.25) is 0 Å². The van der Waals surface area contributed by atoms with Crippen LogP contribution in [0.25, 0.3) is 0 Å². The first-order valence-corrected chi connectivity index (χ1v) is 7.12. The van der Waals surface area contributed by atoms with Crippen molar-refractivity contribution in [2.24, 2.45) is 5.92 Å². The van der Waals surface area contributed by atoms with E-state index in [4.69, 9.17) is 8.85 Å². The zero-order chi connectivity index (χ0) is 16.3. The van der Waals surface area contributed by atoms with Gasteiger partial charge in [0.15, 0.2) is 18.2 Å². The molecule has 2 heteroatoms. The first-order valence-electron chi connectivity index (χ1n) is 8.62. The summed E-state index contributed by atoms with van der Waals surface area (Å²) in [6, 6.07) is 7.21. The average molecular weight is 261 g/mol. The normalized spacial score (nSPS) is 34.4. The van der Waals surface area contributed by atoms with Crippen LogP contribution in [0.4, 0.5) is 0 Å². The fourth-order valence-electron chi connectivity index (χ4n) is 3.03. The second kappa shape index (κ2) is 4.66. The highest BCUT2D eigenvalue weighted by Gasteiger charge is 2.48. The van der Waals surface area contributed by atoms with Crippen LogP contribution < -0.4 is 0 Å². The molecule has 1 aromatic rings. The van der Waals surface area contributed by atoms with Gasteiger partial charge >= 0.3 is 5.90 Å². The monoisotopic (exact) mass is 261 g/mol. The number of nitrogens with zero attached hydrogens (tertiary/aromatic N) is 1. The van der Waals surface area contributed by atoms with E-state index in [1.165, 1.54) is 0 Å². The summed E-state index contributed by atoms with van der Waals surface area (Å²) >= 11 is 0. The zero-order valence-electron chi connectivity index (χ0n) is 15.1. The minimum atomic E-state index is -1.44.